The second kappa shape index (κ2) is 8.86. The van der Waals surface area contributed by atoms with Gasteiger partial charge in [0.25, 0.3) is 0 Å². The first-order valence-corrected chi connectivity index (χ1v) is 10.8. The molecule has 2 bridgehead atoms. The van der Waals surface area contributed by atoms with Crippen LogP contribution in [-0.4, -0.2) is 49.0 Å². The molecule has 2 aliphatic carbocycles. The van der Waals surface area contributed by atoms with Crippen LogP contribution < -0.4 is 0 Å². The Morgan fingerprint density at radius 3 is 2.54 bits per heavy atom. The zero-order valence-corrected chi connectivity index (χ0v) is 16.1. The van der Waals surface area contributed by atoms with E-state index in [0.717, 1.165) is 49.9 Å². The van der Waals surface area contributed by atoms with E-state index in [0.29, 0.717) is 6.61 Å². The first kappa shape index (κ1) is 18.5. The highest BCUT2D eigenvalue weighted by Gasteiger charge is 2.39. The maximum Gasteiger partial charge on any atom is 0.0900 e. The van der Waals surface area contributed by atoms with Crippen LogP contribution in [0.3, 0.4) is 0 Å². The van der Waals surface area contributed by atoms with Gasteiger partial charge in [0.05, 0.1) is 12.7 Å². The van der Waals surface area contributed by atoms with Gasteiger partial charge in [0, 0.05) is 13.2 Å². The Labute approximate surface area is 158 Å². The second-order valence-electron chi connectivity index (χ2n) is 9.06. The van der Waals surface area contributed by atoms with Gasteiger partial charge in [0.2, 0.25) is 0 Å². The van der Waals surface area contributed by atoms with Gasteiger partial charge in [-0.25, -0.2) is 0 Å². The molecule has 3 fully saturated rings. The minimum Gasteiger partial charge on any atom is -0.389 e. The summed E-state index contributed by atoms with van der Waals surface area (Å²) in [6, 6.07) is 10.8. The predicted octanol–water partition coefficient (Wildman–Crippen LogP) is 3.75. The second-order valence-corrected chi connectivity index (χ2v) is 9.06. The summed E-state index contributed by atoms with van der Waals surface area (Å²) in [5.41, 5.74) is 1.46. The molecule has 0 radical (unpaired) electrons. The number of hydrogen-bond donors (Lipinski definition) is 1. The third-order valence-electron chi connectivity index (χ3n) is 7.07. The van der Waals surface area contributed by atoms with Crippen molar-refractivity contribution in [3.8, 4) is 0 Å². The van der Waals surface area contributed by atoms with Crippen molar-refractivity contribution < 1.29 is 9.84 Å². The van der Waals surface area contributed by atoms with Crippen LogP contribution in [0.5, 0.6) is 0 Å². The summed E-state index contributed by atoms with van der Waals surface area (Å²) in [6.45, 7) is 4.38. The third kappa shape index (κ3) is 4.88. The number of piperidine rings is 1. The van der Waals surface area contributed by atoms with Gasteiger partial charge in [-0.05, 0) is 80.8 Å². The summed E-state index contributed by atoms with van der Waals surface area (Å²) in [5, 5.41) is 10.3. The molecule has 26 heavy (non-hydrogen) atoms. The average molecular weight is 358 g/mol. The topological polar surface area (TPSA) is 32.7 Å². The Bertz CT molecular complexity index is 540. The zero-order valence-electron chi connectivity index (χ0n) is 16.1. The van der Waals surface area contributed by atoms with E-state index in [1.807, 2.05) is 0 Å². The molecule has 1 N–H and O–H groups in total. The normalized spacial score (nSPS) is 30.7. The maximum atomic E-state index is 10.3. The van der Waals surface area contributed by atoms with Crippen LogP contribution >= 0.6 is 0 Å². The molecule has 1 aliphatic heterocycles. The molecular weight excluding hydrogens is 322 g/mol. The number of fused-ring (bicyclic) bond motifs is 2. The molecule has 1 heterocycles. The molecule has 0 amide bonds. The Hall–Kier alpha value is -0.900. The highest BCUT2D eigenvalue weighted by Crippen LogP contribution is 2.48. The number of likely N-dealkylation sites (tertiary alicyclic amines) is 1. The van der Waals surface area contributed by atoms with Crippen molar-refractivity contribution in [1.29, 1.82) is 0 Å². The van der Waals surface area contributed by atoms with Crippen LogP contribution in [0.2, 0.25) is 0 Å². The molecule has 144 valence electrons. The van der Waals surface area contributed by atoms with Crippen molar-refractivity contribution in [2.75, 3.05) is 32.8 Å². The zero-order chi connectivity index (χ0) is 17.8. The SMILES string of the molecule is O[C@@H](COC[C@@H]1C[C@@H]2CC[C@@H]1C2)CN1CCC(Cc2ccccc2)CC1. The van der Waals surface area contributed by atoms with E-state index in [9.17, 15) is 5.11 Å². The summed E-state index contributed by atoms with van der Waals surface area (Å²) in [6.07, 6.45) is 9.03. The predicted molar refractivity (Wildman–Crippen MR) is 105 cm³/mol. The fraction of sp³-hybridized carbons (Fsp3) is 0.739. The molecule has 0 unspecified atom stereocenters. The molecular formula is C23H35NO2. The van der Waals surface area contributed by atoms with E-state index in [2.05, 4.69) is 35.2 Å². The van der Waals surface area contributed by atoms with Gasteiger partial charge in [0.1, 0.15) is 0 Å². The molecule has 0 spiro atoms. The van der Waals surface area contributed by atoms with Crippen molar-refractivity contribution in [1.82, 2.24) is 4.90 Å². The lowest BCUT2D eigenvalue weighted by atomic mass is 9.89. The quantitative estimate of drug-likeness (QED) is 0.769. The average Bonchev–Trinajstić information content (AvgIpc) is 3.27. The number of rotatable bonds is 8. The van der Waals surface area contributed by atoms with E-state index in [-0.39, 0.29) is 6.10 Å². The van der Waals surface area contributed by atoms with Crippen molar-refractivity contribution in [3.63, 3.8) is 0 Å². The molecule has 3 heteroatoms. The summed E-state index contributed by atoms with van der Waals surface area (Å²) in [7, 11) is 0. The van der Waals surface area contributed by atoms with E-state index in [4.69, 9.17) is 4.74 Å². The monoisotopic (exact) mass is 357 g/mol. The van der Waals surface area contributed by atoms with Gasteiger partial charge in [-0.15, -0.1) is 0 Å². The molecule has 1 saturated heterocycles. The van der Waals surface area contributed by atoms with Gasteiger partial charge in [-0.2, -0.15) is 0 Å². The van der Waals surface area contributed by atoms with Crippen molar-refractivity contribution >= 4 is 0 Å². The Morgan fingerprint density at radius 1 is 1.04 bits per heavy atom. The highest BCUT2D eigenvalue weighted by atomic mass is 16.5. The van der Waals surface area contributed by atoms with Crippen LogP contribution in [-0.2, 0) is 11.2 Å². The number of benzene rings is 1. The number of hydrogen-bond acceptors (Lipinski definition) is 3. The van der Waals surface area contributed by atoms with Crippen LogP contribution in [0.15, 0.2) is 30.3 Å². The Kier molecular flexibility index (Phi) is 6.29. The van der Waals surface area contributed by atoms with Crippen molar-refractivity contribution in [2.45, 2.75) is 51.0 Å². The van der Waals surface area contributed by atoms with Gasteiger partial charge in [-0.3, -0.25) is 0 Å². The summed E-state index contributed by atoms with van der Waals surface area (Å²) >= 11 is 0. The lowest BCUT2D eigenvalue weighted by molar-refractivity contribution is -0.00629. The molecule has 4 rings (SSSR count). The molecule has 2 saturated carbocycles. The molecule has 1 aromatic carbocycles. The first-order valence-electron chi connectivity index (χ1n) is 10.8. The van der Waals surface area contributed by atoms with Crippen molar-refractivity contribution in [3.05, 3.63) is 35.9 Å². The Morgan fingerprint density at radius 2 is 1.85 bits per heavy atom. The number of nitrogens with zero attached hydrogens (tertiary/aromatic N) is 1. The lowest BCUT2D eigenvalue weighted by Crippen LogP contribution is -2.40. The molecule has 4 atom stereocenters. The highest BCUT2D eigenvalue weighted by molar-refractivity contribution is 5.15. The number of aliphatic hydroxyl groups excluding tert-OH is 1. The van der Waals surface area contributed by atoms with Gasteiger partial charge >= 0.3 is 0 Å². The fourth-order valence-corrected chi connectivity index (χ4v) is 5.61. The number of aliphatic hydroxyl groups is 1. The van der Waals surface area contributed by atoms with E-state index in [1.165, 1.54) is 50.5 Å². The van der Waals surface area contributed by atoms with E-state index < -0.39 is 0 Å². The number of β-amino-alcohol motifs (C(OH)–C–C–N with tert-alkyl or cyclic N) is 1. The minimum absolute atomic E-state index is 0.334. The maximum absolute atomic E-state index is 10.3. The van der Waals surface area contributed by atoms with E-state index >= 15 is 0 Å². The fourth-order valence-electron chi connectivity index (χ4n) is 5.61. The summed E-state index contributed by atoms with van der Waals surface area (Å²) in [4.78, 5) is 2.42. The van der Waals surface area contributed by atoms with Crippen LogP contribution in [0.1, 0.15) is 44.1 Å². The van der Waals surface area contributed by atoms with Crippen LogP contribution in [0, 0.1) is 23.7 Å². The standard InChI is InChI=1S/C23H35NO2/c25-23(17-26-16-22-14-20-6-7-21(22)13-20)15-24-10-8-19(9-11-24)12-18-4-2-1-3-5-18/h1-5,19-23,25H,6-17H2/t20-,21-,22+,23-/m1/s1. The molecule has 3 aliphatic rings. The molecule has 0 aromatic heterocycles. The van der Waals surface area contributed by atoms with Crippen LogP contribution in [0.4, 0.5) is 0 Å². The first-order chi connectivity index (χ1) is 12.8. The smallest absolute Gasteiger partial charge is 0.0900 e. The summed E-state index contributed by atoms with van der Waals surface area (Å²) in [5.74, 6) is 3.46. The lowest BCUT2D eigenvalue weighted by Gasteiger charge is -2.33. The Balaban J connectivity index is 1.10. The summed E-state index contributed by atoms with van der Waals surface area (Å²) < 4.78 is 5.90. The molecule has 1 aromatic rings. The molecule has 3 nitrogen and oxygen atoms in total. The van der Waals surface area contributed by atoms with Gasteiger partial charge in [0.15, 0.2) is 0 Å². The van der Waals surface area contributed by atoms with E-state index in [1.54, 1.807) is 0 Å². The third-order valence-corrected chi connectivity index (χ3v) is 7.07. The minimum atomic E-state index is -0.334. The number of ether oxygens (including phenoxy) is 1. The largest absolute Gasteiger partial charge is 0.389 e. The van der Waals surface area contributed by atoms with Gasteiger partial charge < -0.3 is 14.7 Å². The van der Waals surface area contributed by atoms with Crippen LogP contribution in [0.25, 0.3) is 0 Å². The van der Waals surface area contributed by atoms with Crippen molar-refractivity contribution in [2.24, 2.45) is 23.7 Å². The van der Waals surface area contributed by atoms with Gasteiger partial charge in [-0.1, -0.05) is 36.8 Å².